The predicted octanol–water partition coefficient (Wildman–Crippen LogP) is 2.25. The molecule has 0 aliphatic heterocycles. The minimum Gasteiger partial charge on any atom is -0.421 e. The Hall–Kier alpha value is -2.23. The molecule has 3 rings (SSSR count). The molecule has 8 nitrogen and oxygen atoms in total. The maximum Gasteiger partial charge on any atom is 0.247 e. The van der Waals surface area contributed by atoms with E-state index in [9.17, 15) is 8.42 Å². The lowest BCUT2D eigenvalue weighted by atomic mass is 10.2. The van der Waals surface area contributed by atoms with Crippen molar-refractivity contribution in [2.24, 2.45) is 0 Å². The van der Waals surface area contributed by atoms with Gasteiger partial charge in [-0.2, -0.15) is 5.10 Å². The molecule has 132 valence electrons. The second-order valence-corrected chi connectivity index (χ2v) is 7.56. The van der Waals surface area contributed by atoms with E-state index < -0.39 is 10.0 Å². The van der Waals surface area contributed by atoms with Crippen LogP contribution in [-0.4, -0.2) is 35.4 Å². The van der Waals surface area contributed by atoms with Crippen LogP contribution in [0.5, 0.6) is 0 Å². The number of nitrogens with one attached hydrogen (secondary N) is 2. The molecule has 0 unspecified atom stereocenters. The Bertz CT molecular complexity index is 960. The monoisotopic (exact) mass is 381 g/mol. The smallest absolute Gasteiger partial charge is 0.247 e. The molecule has 0 saturated heterocycles. The van der Waals surface area contributed by atoms with Crippen LogP contribution in [0.3, 0.4) is 0 Å². The van der Waals surface area contributed by atoms with E-state index in [1.54, 1.807) is 38.1 Å². The average molecular weight is 382 g/mol. The normalized spacial score (nSPS) is 11.8. The second-order valence-electron chi connectivity index (χ2n) is 5.42. The van der Waals surface area contributed by atoms with Crippen molar-refractivity contribution in [1.29, 1.82) is 0 Å². The van der Waals surface area contributed by atoms with E-state index in [0.717, 1.165) is 5.56 Å². The third kappa shape index (κ3) is 3.89. The van der Waals surface area contributed by atoms with E-state index in [1.807, 2.05) is 0 Å². The van der Waals surface area contributed by atoms with Crippen LogP contribution in [-0.2, 0) is 16.4 Å². The Morgan fingerprint density at radius 3 is 2.56 bits per heavy atom. The molecule has 0 saturated carbocycles. The maximum atomic E-state index is 12.3. The van der Waals surface area contributed by atoms with E-state index in [-0.39, 0.29) is 17.9 Å². The summed E-state index contributed by atoms with van der Waals surface area (Å²) in [6.45, 7) is 3.42. The Morgan fingerprint density at radius 2 is 1.92 bits per heavy atom. The predicted molar refractivity (Wildman–Crippen MR) is 91.7 cm³/mol. The number of nitrogens with zero attached hydrogens (tertiary/aromatic N) is 3. The van der Waals surface area contributed by atoms with Crippen LogP contribution in [0.15, 0.2) is 33.6 Å². The third-order valence-electron chi connectivity index (χ3n) is 3.52. The van der Waals surface area contributed by atoms with Gasteiger partial charge in [0.25, 0.3) is 0 Å². The number of hydrogen-bond donors (Lipinski definition) is 2. The molecule has 0 aliphatic rings. The topological polar surface area (TPSA) is 114 Å². The summed E-state index contributed by atoms with van der Waals surface area (Å²) in [5.74, 6) is 0.698. The molecule has 0 fully saturated rings. The maximum absolute atomic E-state index is 12.3. The molecule has 2 heterocycles. The fraction of sp³-hybridized carbons (Fsp3) is 0.267. The number of hydrogen-bond acceptors (Lipinski definition) is 6. The van der Waals surface area contributed by atoms with Gasteiger partial charge in [-0.15, -0.1) is 10.2 Å². The summed E-state index contributed by atoms with van der Waals surface area (Å²) in [6.07, 6.45) is 0.274. The van der Waals surface area contributed by atoms with E-state index in [4.69, 9.17) is 16.0 Å². The number of benzene rings is 1. The molecular formula is C15H16ClN5O3S. The number of aryl methyl sites for hydroxylation is 2. The van der Waals surface area contributed by atoms with Gasteiger partial charge in [0, 0.05) is 23.6 Å². The molecule has 0 amide bonds. The molecule has 10 heteroatoms. The number of sulfonamides is 1. The standard InChI is InChI=1S/C15H16ClN5O3S/c1-9-14(10(2)19-18-9)25(22,23)17-8-7-13-20-21-15(24-13)11-3-5-12(16)6-4-11/h3-6,17H,7-8H2,1-2H3,(H,18,19). The van der Waals surface area contributed by atoms with Crippen molar-refractivity contribution >= 4 is 21.6 Å². The van der Waals surface area contributed by atoms with Crippen LogP contribution >= 0.6 is 11.6 Å². The molecule has 3 aromatic rings. The summed E-state index contributed by atoms with van der Waals surface area (Å²) in [5.41, 5.74) is 1.66. The molecule has 2 aromatic heterocycles. The van der Waals surface area contributed by atoms with Gasteiger partial charge in [-0.3, -0.25) is 5.10 Å². The highest BCUT2D eigenvalue weighted by molar-refractivity contribution is 7.89. The van der Waals surface area contributed by atoms with Crippen molar-refractivity contribution in [2.45, 2.75) is 25.2 Å². The summed E-state index contributed by atoms with van der Waals surface area (Å²) in [6, 6.07) is 6.99. The van der Waals surface area contributed by atoms with Crippen LogP contribution in [0.2, 0.25) is 5.02 Å². The van der Waals surface area contributed by atoms with Crippen LogP contribution in [0.25, 0.3) is 11.5 Å². The Morgan fingerprint density at radius 1 is 1.20 bits per heavy atom. The number of halogens is 1. The van der Waals surface area contributed by atoms with Gasteiger partial charge in [0.05, 0.1) is 11.4 Å². The van der Waals surface area contributed by atoms with E-state index in [0.29, 0.717) is 28.2 Å². The highest BCUT2D eigenvalue weighted by Crippen LogP contribution is 2.20. The Balaban J connectivity index is 1.64. The number of rotatable bonds is 6. The van der Waals surface area contributed by atoms with Crippen molar-refractivity contribution < 1.29 is 12.8 Å². The van der Waals surface area contributed by atoms with Crippen LogP contribution < -0.4 is 4.72 Å². The zero-order valence-electron chi connectivity index (χ0n) is 13.6. The molecule has 0 spiro atoms. The molecule has 25 heavy (non-hydrogen) atoms. The summed E-state index contributed by atoms with van der Waals surface area (Å²) < 4.78 is 32.7. The van der Waals surface area contributed by atoms with E-state index in [2.05, 4.69) is 25.1 Å². The van der Waals surface area contributed by atoms with Gasteiger partial charge >= 0.3 is 0 Å². The molecular weight excluding hydrogens is 366 g/mol. The zero-order chi connectivity index (χ0) is 18.0. The highest BCUT2D eigenvalue weighted by Gasteiger charge is 2.22. The first-order valence-electron chi connectivity index (χ1n) is 7.46. The molecule has 1 aromatic carbocycles. The largest absolute Gasteiger partial charge is 0.421 e. The second kappa shape index (κ2) is 6.95. The summed E-state index contributed by atoms with van der Waals surface area (Å²) in [4.78, 5) is 0.167. The molecule has 0 aliphatic carbocycles. The lowest BCUT2D eigenvalue weighted by Crippen LogP contribution is -2.27. The molecule has 0 atom stereocenters. The number of aromatic amines is 1. The minimum absolute atomic E-state index is 0.134. The van der Waals surface area contributed by atoms with Gasteiger partial charge in [0.1, 0.15) is 4.90 Å². The SMILES string of the molecule is Cc1n[nH]c(C)c1S(=O)(=O)NCCc1nnc(-c2ccc(Cl)cc2)o1. The van der Waals surface area contributed by atoms with Crippen molar-refractivity contribution in [3.05, 3.63) is 46.6 Å². The third-order valence-corrected chi connectivity index (χ3v) is 5.49. The summed E-state index contributed by atoms with van der Waals surface area (Å²) in [5, 5.41) is 15.1. The fourth-order valence-electron chi connectivity index (χ4n) is 2.36. The molecule has 2 N–H and O–H groups in total. The van der Waals surface area contributed by atoms with Gasteiger partial charge in [0.15, 0.2) is 0 Å². The van der Waals surface area contributed by atoms with Crippen LogP contribution in [0.4, 0.5) is 0 Å². The van der Waals surface area contributed by atoms with Crippen molar-refractivity contribution in [3.8, 4) is 11.5 Å². The lowest BCUT2D eigenvalue weighted by molar-refractivity contribution is 0.502. The average Bonchev–Trinajstić information content (AvgIpc) is 3.15. The Kier molecular flexibility index (Phi) is 4.89. The first-order valence-corrected chi connectivity index (χ1v) is 9.32. The highest BCUT2D eigenvalue weighted by atomic mass is 35.5. The number of aromatic nitrogens is 4. The van der Waals surface area contributed by atoms with Gasteiger partial charge in [-0.1, -0.05) is 11.6 Å². The van der Waals surface area contributed by atoms with E-state index in [1.165, 1.54) is 0 Å². The lowest BCUT2D eigenvalue weighted by Gasteiger charge is -2.05. The van der Waals surface area contributed by atoms with Gasteiger partial charge in [0.2, 0.25) is 21.8 Å². The van der Waals surface area contributed by atoms with Crippen molar-refractivity contribution in [1.82, 2.24) is 25.1 Å². The quantitative estimate of drug-likeness (QED) is 0.676. The minimum atomic E-state index is -3.65. The van der Waals surface area contributed by atoms with Gasteiger partial charge in [-0.05, 0) is 38.1 Å². The Labute approximate surface area is 149 Å². The summed E-state index contributed by atoms with van der Waals surface area (Å²) in [7, 11) is -3.65. The van der Waals surface area contributed by atoms with Crippen LogP contribution in [0.1, 0.15) is 17.3 Å². The van der Waals surface area contributed by atoms with E-state index >= 15 is 0 Å². The first kappa shape index (κ1) is 17.6. The fourth-order valence-corrected chi connectivity index (χ4v) is 3.89. The molecule has 0 bridgehead atoms. The van der Waals surface area contributed by atoms with Crippen molar-refractivity contribution in [2.75, 3.05) is 6.54 Å². The number of H-pyrrole nitrogens is 1. The molecule has 0 radical (unpaired) electrons. The van der Waals surface area contributed by atoms with Gasteiger partial charge < -0.3 is 4.42 Å². The summed E-state index contributed by atoms with van der Waals surface area (Å²) >= 11 is 5.84. The first-order chi connectivity index (χ1) is 11.9. The van der Waals surface area contributed by atoms with Crippen molar-refractivity contribution in [3.63, 3.8) is 0 Å². The van der Waals surface area contributed by atoms with Gasteiger partial charge in [-0.25, -0.2) is 13.1 Å². The zero-order valence-corrected chi connectivity index (χ0v) is 15.1. The van der Waals surface area contributed by atoms with Crippen LogP contribution in [0, 0.1) is 13.8 Å².